The van der Waals surface area contributed by atoms with Gasteiger partial charge in [0.2, 0.25) is 0 Å². The SMILES string of the molecule is Cc1ccc([C@@H]2C3=C(Nc4c2c(=O)[nH]c(=O)n4C)c2ccccc2C3=O)cc1. The summed E-state index contributed by atoms with van der Waals surface area (Å²) in [5.41, 5.74) is 3.93. The van der Waals surface area contributed by atoms with Gasteiger partial charge >= 0.3 is 5.69 Å². The highest BCUT2D eigenvalue weighted by Gasteiger charge is 2.42. The highest BCUT2D eigenvalue weighted by Crippen LogP contribution is 2.47. The van der Waals surface area contributed by atoms with Crippen LogP contribution in [0.15, 0.2) is 63.7 Å². The number of anilines is 1. The molecule has 5 rings (SSSR count). The molecule has 0 radical (unpaired) electrons. The lowest BCUT2D eigenvalue weighted by Gasteiger charge is -2.29. The molecule has 1 aliphatic heterocycles. The van der Waals surface area contributed by atoms with E-state index in [4.69, 9.17) is 0 Å². The molecule has 0 saturated carbocycles. The first-order chi connectivity index (χ1) is 13.5. The minimum Gasteiger partial charge on any atom is -0.340 e. The van der Waals surface area contributed by atoms with Gasteiger partial charge in [0.05, 0.1) is 11.3 Å². The van der Waals surface area contributed by atoms with Crippen LogP contribution in [0.4, 0.5) is 5.82 Å². The van der Waals surface area contributed by atoms with Crippen LogP contribution in [0.3, 0.4) is 0 Å². The average Bonchev–Trinajstić information content (AvgIpc) is 2.98. The number of benzene rings is 2. The van der Waals surface area contributed by atoms with Crippen molar-refractivity contribution < 1.29 is 4.79 Å². The number of hydrogen-bond acceptors (Lipinski definition) is 4. The van der Waals surface area contributed by atoms with E-state index in [2.05, 4.69) is 10.3 Å². The molecule has 138 valence electrons. The van der Waals surface area contributed by atoms with E-state index in [0.29, 0.717) is 28.2 Å². The van der Waals surface area contributed by atoms with Crippen molar-refractivity contribution in [1.29, 1.82) is 0 Å². The Balaban J connectivity index is 1.87. The molecule has 2 heterocycles. The molecule has 2 N–H and O–H groups in total. The zero-order valence-electron chi connectivity index (χ0n) is 15.4. The molecule has 2 aliphatic rings. The van der Waals surface area contributed by atoms with Crippen LogP contribution in [0.1, 0.15) is 38.5 Å². The number of allylic oxidation sites excluding steroid dienone is 1. The number of Topliss-reactive ketones (excluding diaryl/α,β-unsaturated/α-hetero) is 1. The Bertz CT molecular complexity index is 1310. The van der Waals surface area contributed by atoms with E-state index >= 15 is 0 Å². The molecule has 0 bridgehead atoms. The number of nitrogens with one attached hydrogen (secondary N) is 2. The highest BCUT2D eigenvalue weighted by atomic mass is 16.2. The fraction of sp³-hybridized carbons (Fsp3) is 0.136. The van der Waals surface area contributed by atoms with E-state index in [1.165, 1.54) is 4.57 Å². The van der Waals surface area contributed by atoms with Crippen LogP contribution in [0.5, 0.6) is 0 Å². The standard InChI is InChI=1S/C22H17N3O3/c1-11-7-9-12(10-8-11)15-16-18(13-5-3-4-6-14(13)19(16)26)23-20-17(15)21(27)24-22(28)25(20)2/h3-10,15,23H,1-2H3,(H,24,27,28)/t15-/m1/s1. The smallest absolute Gasteiger partial charge is 0.329 e. The van der Waals surface area contributed by atoms with E-state index in [0.717, 1.165) is 16.7 Å². The zero-order valence-corrected chi connectivity index (χ0v) is 15.4. The van der Waals surface area contributed by atoms with Crippen molar-refractivity contribution in [2.75, 3.05) is 5.32 Å². The number of rotatable bonds is 1. The molecule has 6 nitrogen and oxygen atoms in total. The summed E-state index contributed by atoms with van der Waals surface area (Å²) >= 11 is 0. The second-order valence-corrected chi connectivity index (χ2v) is 7.21. The largest absolute Gasteiger partial charge is 0.340 e. The lowest BCUT2D eigenvalue weighted by atomic mass is 9.81. The first kappa shape index (κ1) is 16.5. The topological polar surface area (TPSA) is 84.0 Å². The van der Waals surface area contributed by atoms with Crippen LogP contribution in [-0.4, -0.2) is 15.3 Å². The fourth-order valence-corrected chi connectivity index (χ4v) is 4.12. The Morgan fingerprint density at radius 2 is 1.61 bits per heavy atom. The van der Waals surface area contributed by atoms with Crippen molar-refractivity contribution in [3.8, 4) is 0 Å². The van der Waals surface area contributed by atoms with Crippen molar-refractivity contribution >= 4 is 17.3 Å². The Morgan fingerprint density at radius 3 is 2.32 bits per heavy atom. The predicted octanol–water partition coefficient (Wildman–Crippen LogP) is 2.55. The summed E-state index contributed by atoms with van der Waals surface area (Å²) in [5.74, 6) is -0.229. The third-order valence-corrected chi connectivity index (χ3v) is 5.55. The average molecular weight is 371 g/mol. The molecule has 28 heavy (non-hydrogen) atoms. The summed E-state index contributed by atoms with van der Waals surface area (Å²) in [5, 5.41) is 3.21. The van der Waals surface area contributed by atoms with Crippen LogP contribution >= 0.6 is 0 Å². The number of carbonyl (C=O) groups excluding carboxylic acids is 1. The Hall–Kier alpha value is -3.67. The molecular weight excluding hydrogens is 354 g/mol. The number of carbonyl (C=O) groups is 1. The fourth-order valence-electron chi connectivity index (χ4n) is 4.12. The molecule has 1 atom stereocenters. The number of nitrogens with zero attached hydrogens (tertiary/aromatic N) is 1. The lowest BCUT2D eigenvalue weighted by Crippen LogP contribution is -2.37. The predicted molar refractivity (Wildman–Crippen MR) is 107 cm³/mol. The number of aryl methyl sites for hydroxylation is 1. The third kappa shape index (κ3) is 2.11. The number of aromatic amines is 1. The quantitative estimate of drug-likeness (QED) is 0.689. The van der Waals surface area contributed by atoms with E-state index in [1.54, 1.807) is 13.1 Å². The summed E-state index contributed by atoms with van der Waals surface area (Å²) < 4.78 is 1.38. The van der Waals surface area contributed by atoms with Gasteiger partial charge in [-0.05, 0) is 12.5 Å². The molecule has 1 aliphatic carbocycles. The minimum absolute atomic E-state index is 0.0948. The molecule has 1 aromatic heterocycles. The molecule has 0 spiro atoms. The number of hydrogen-bond donors (Lipinski definition) is 2. The molecule has 0 fully saturated rings. The third-order valence-electron chi connectivity index (χ3n) is 5.55. The van der Waals surface area contributed by atoms with Gasteiger partial charge in [0.25, 0.3) is 5.56 Å². The van der Waals surface area contributed by atoms with Crippen molar-refractivity contribution in [3.63, 3.8) is 0 Å². The second-order valence-electron chi connectivity index (χ2n) is 7.21. The molecule has 0 amide bonds. The van der Waals surface area contributed by atoms with Crippen molar-refractivity contribution in [2.24, 2.45) is 7.05 Å². The van der Waals surface area contributed by atoms with E-state index in [9.17, 15) is 14.4 Å². The maximum absolute atomic E-state index is 13.3. The molecule has 6 heteroatoms. The van der Waals surface area contributed by atoms with E-state index in [1.807, 2.05) is 49.4 Å². The van der Waals surface area contributed by atoms with E-state index in [-0.39, 0.29) is 5.78 Å². The summed E-state index contributed by atoms with van der Waals surface area (Å²) in [7, 11) is 1.60. The van der Waals surface area contributed by atoms with Gasteiger partial charge in [-0.3, -0.25) is 19.1 Å². The molecule has 0 unspecified atom stereocenters. The highest BCUT2D eigenvalue weighted by molar-refractivity contribution is 6.23. The van der Waals surface area contributed by atoms with Crippen molar-refractivity contribution in [3.05, 3.63) is 103 Å². The molecule has 2 aromatic carbocycles. The summed E-state index contributed by atoms with van der Waals surface area (Å²) in [6.45, 7) is 1.98. The van der Waals surface area contributed by atoms with Crippen LogP contribution in [0, 0.1) is 6.92 Å². The summed E-state index contributed by atoms with van der Waals surface area (Å²) in [4.78, 5) is 40.6. The summed E-state index contributed by atoms with van der Waals surface area (Å²) in [6.07, 6.45) is 0. The number of H-pyrrole nitrogens is 1. The Kier molecular flexibility index (Phi) is 3.34. The lowest BCUT2D eigenvalue weighted by molar-refractivity contribution is 0.103. The Labute approximate surface area is 160 Å². The van der Waals surface area contributed by atoms with Gasteiger partial charge in [-0.25, -0.2) is 4.79 Å². The van der Waals surface area contributed by atoms with Gasteiger partial charge < -0.3 is 5.32 Å². The Morgan fingerprint density at radius 1 is 0.929 bits per heavy atom. The molecule has 0 saturated heterocycles. The zero-order chi connectivity index (χ0) is 19.6. The normalized spacial score (nSPS) is 17.1. The van der Waals surface area contributed by atoms with Gasteiger partial charge in [0.1, 0.15) is 5.82 Å². The van der Waals surface area contributed by atoms with Crippen molar-refractivity contribution in [2.45, 2.75) is 12.8 Å². The van der Waals surface area contributed by atoms with Gasteiger partial charge in [-0.2, -0.15) is 0 Å². The van der Waals surface area contributed by atoms with Crippen LogP contribution in [0.25, 0.3) is 5.70 Å². The van der Waals surface area contributed by atoms with Gasteiger partial charge in [-0.1, -0.05) is 54.1 Å². The maximum Gasteiger partial charge on any atom is 0.329 e. The maximum atomic E-state index is 13.3. The van der Waals surface area contributed by atoms with Crippen LogP contribution in [0.2, 0.25) is 0 Å². The molecular formula is C22H17N3O3. The first-order valence-corrected chi connectivity index (χ1v) is 9.02. The number of fused-ring (bicyclic) bond motifs is 3. The van der Waals surface area contributed by atoms with Crippen molar-refractivity contribution in [1.82, 2.24) is 9.55 Å². The van der Waals surface area contributed by atoms with Gasteiger partial charge in [-0.15, -0.1) is 0 Å². The van der Waals surface area contributed by atoms with Gasteiger partial charge in [0.15, 0.2) is 5.78 Å². The van der Waals surface area contributed by atoms with Crippen LogP contribution < -0.4 is 16.6 Å². The number of ketones is 1. The van der Waals surface area contributed by atoms with E-state index < -0.39 is 17.2 Å². The monoisotopic (exact) mass is 371 g/mol. The second kappa shape index (κ2) is 5.66. The minimum atomic E-state index is -0.553. The molecule has 3 aromatic rings. The summed E-state index contributed by atoms with van der Waals surface area (Å²) in [6, 6.07) is 15.1. The number of aromatic nitrogens is 2. The van der Waals surface area contributed by atoms with Crippen LogP contribution in [-0.2, 0) is 7.05 Å². The van der Waals surface area contributed by atoms with Gasteiger partial charge in [0, 0.05) is 29.7 Å². The first-order valence-electron chi connectivity index (χ1n) is 9.02.